The van der Waals surface area contributed by atoms with Crippen LogP contribution in [0, 0.1) is 0 Å². The molecule has 1 aliphatic carbocycles. The van der Waals surface area contributed by atoms with E-state index < -0.39 is 12.1 Å². The van der Waals surface area contributed by atoms with Gasteiger partial charge in [0, 0.05) is 19.4 Å². The number of ether oxygens (including phenoxy) is 3. The van der Waals surface area contributed by atoms with Gasteiger partial charge in [0.15, 0.2) is 6.10 Å². The zero-order chi connectivity index (χ0) is 32.6. The normalized spacial score (nSPS) is 14.8. The molecule has 1 N–H and O–H groups in total. The molecule has 238 valence electrons. The van der Waals surface area contributed by atoms with Crippen LogP contribution in [0.2, 0.25) is 0 Å². The minimum atomic E-state index is -0.976. The molecule has 0 amide bonds. The number of aliphatic carboxylic acids is 1. The molecule has 5 aromatic carbocycles. The van der Waals surface area contributed by atoms with Gasteiger partial charge in [-0.3, -0.25) is 0 Å². The zero-order valence-corrected chi connectivity index (χ0v) is 26.8. The second-order valence-corrected chi connectivity index (χ2v) is 12.0. The Morgan fingerprint density at radius 1 is 0.702 bits per heavy atom. The van der Waals surface area contributed by atoms with Crippen LogP contribution in [0.5, 0.6) is 5.75 Å². The summed E-state index contributed by atoms with van der Waals surface area (Å²) in [5.74, 6) is -0.0338. The summed E-state index contributed by atoms with van der Waals surface area (Å²) in [6, 6.07) is 42.1. The minimum absolute atomic E-state index is 0.239. The fraction of sp³-hybridized carbons (Fsp3) is 0.214. The summed E-state index contributed by atoms with van der Waals surface area (Å²) in [6.07, 6.45) is 4.44. The second-order valence-electron chi connectivity index (χ2n) is 12.0. The van der Waals surface area contributed by atoms with Gasteiger partial charge in [0.1, 0.15) is 18.5 Å². The van der Waals surface area contributed by atoms with Crippen LogP contribution in [-0.4, -0.2) is 37.5 Å². The maximum absolute atomic E-state index is 11.3. The second kappa shape index (κ2) is 15.1. The highest BCUT2D eigenvalue weighted by Crippen LogP contribution is 2.38. The van der Waals surface area contributed by atoms with E-state index in [9.17, 15) is 9.90 Å². The lowest BCUT2D eigenvalue weighted by Crippen LogP contribution is -2.24. The Morgan fingerprint density at radius 2 is 1.40 bits per heavy atom. The van der Waals surface area contributed by atoms with Crippen LogP contribution in [0.3, 0.4) is 0 Å². The van der Waals surface area contributed by atoms with E-state index in [4.69, 9.17) is 14.2 Å². The van der Waals surface area contributed by atoms with Gasteiger partial charge in [-0.15, -0.1) is 0 Å². The van der Waals surface area contributed by atoms with E-state index in [1.54, 1.807) is 0 Å². The fourth-order valence-corrected chi connectivity index (χ4v) is 6.18. The molecule has 0 aromatic heterocycles. The van der Waals surface area contributed by atoms with E-state index in [0.717, 1.165) is 34.2 Å². The third-order valence-corrected chi connectivity index (χ3v) is 8.86. The lowest BCUT2D eigenvalue weighted by molar-refractivity contribution is -0.148. The first-order chi connectivity index (χ1) is 23.0. The van der Waals surface area contributed by atoms with Gasteiger partial charge >= 0.3 is 5.97 Å². The molecule has 0 fully saturated rings. The highest BCUT2D eigenvalue weighted by atomic mass is 16.5. The molecule has 0 saturated carbocycles. The third-order valence-electron chi connectivity index (χ3n) is 8.86. The number of carboxylic acids is 1. The van der Waals surface area contributed by atoms with Crippen LogP contribution < -0.4 is 4.74 Å². The van der Waals surface area contributed by atoms with Crippen LogP contribution >= 0.6 is 0 Å². The standard InChI is InChI=1S/C42H40O5/c1-29(33-11-7-4-8-12-33)35-18-16-34-17-19-36-26-32(25-30-9-5-3-6-10-30)15-22-38(36)41(39(34)28-35)47-24-23-46-37-20-13-31(14-21-37)27-40(45-2)42(43)44/h3-22,26,28-29,40-41H,23-25,27H2,1-2H3,(H,43,44). The molecule has 0 spiro atoms. The van der Waals surface area contributed by atoms with Crippen molar-refractivity contribution >= 4 is 18.1 Å². The van der Waals surface area contributed by atoms with Gasteiger partial charge < -0.3 is 19.3 Å². The predicted octanol–water partition coefficient (Wildman–Crippen LogP) is 8.74. The molecule has 5 nitrogen and oxygen atoms in total. The number of benzene rings is 5. The highest BCUT2D eigenvalue weighted by molar-refractivity contribution is 5.77. The number of hydrogen-bond acceptors (Lipinski definition) is 4. The van der Waals surface area contributed by atoms with Crippen LogP contribution in [0.15, 0.2) is 121 Å². The summed E-state index contributed by atoms with van der Waals surface area (Å²) in [5, 5.41) is 9.28. The molecule has 5 heteroatoms. The SMILES string of the molecule is COC(Cc1ccc(OCCOC2c3ccc(Cc4ccccc4)cc3C=Cc3ccc(C(C)c4ccccc4)cc32)cc1)C(=O)O. The number of carbonyl (C=O) groups is 1. The average Bonchev–Trinajstić information content (AvgIpc) is 3.26. The monoisotopic (exact) mass is 624 g/mol. The maximum atomic E-state index is 11.3. The molecule has 0 saturated heterocycles. The largest absolute Gasteiger partial charge is 0.491 e. The Kier molecular flexibility index (Phi) is 10.3. The quantitative estimate of drug-likeness (QED) is 0.133. The van der Waals surface area contributed by atoms with Crippen LogP contribution in [-0.2, 0) is 27.1 Å². The maximum Gasteiger partial charge on any atom is 0.333 e. The van der Waals surface area contributed by atoms with E-state index in [2.05, 4.69) is 110 Å². The topological polar surface area (TPSA) is 65.0 Å². The van der Waals surface area contributed by atoms with E-state index in [0.29, 0.717) is 25.4 Å². The number of hydrogen-bond donors (Lipinski definition) is 1. The Balaban J connectivity index is 1.22. The highest BCUT2D eigenvalue weighted by Gasteiger charge is 2.24. The molecule has 0 heterocycles. The molecular formula is C42H40O5. The molecule has 6 rings (SSSR count). The Morgan fingerprint density at radius 3 is 2.13 bits per heavy atom. The first kappa shape index (κ1) is 32.0. The molecule has 5 aromatic rings. The summed E-state index contributed by atoms with van der Waals surface area (Å²) in [4.78, 5) is 11.3. The van der Waals surface area contributed by atoms with Gasteiger partial charge in [-0.05, 0) is 68.6 Å². The molecule has 0 aliphatic heterocycles. The van der Waals surface area contributed by atoms with E-state index >= 15 is 0 Å². The Labute approximate surface area is 277 Å². The molecular weight excluding hydrogens is 584 g/mol. The summed E-state index contributed by atoms with van der Waals surface area (Å²) in [7, 11) is 1.41. The van der Waals surface area contributed by atoms with Gasteiger partial charge in [0.2, 0.25) is 0 Å². The average molecular weight is 625 g/mol. The lowest BCUT2D eigenvalue weighted by atomic mass is 9.88. The van der Waals surface area contributed by atoms with E-state index in [-0.39, 0.29) is 12.0 Å². The van der Waals surface area contributed by atoms with Gasteiger partial charge in [0.25, 0.3) is 0 Å². The predicted molar refractivity (Wildman–Crippen MR) is 187 cm³/mol. The number of methoxy groups -OCH3 is 1. The summed E-state index contributed by atoms with van der Waals surface area (Å²) >= 11 is 0. The first-order valence-corrected chi connectivity index (χ1v) is 16.1. The molecule has 3 unspecified atom stereocenters. The van der Waals surface area contributed by atoms with Crippen molar-refractivity contribution in [3.8, 4) is 5.75 Å². The minimum Gasteiger partial charge on any atom is -0.491 e. The number of fused-ring (bicyclic) bond motifs is 2. The fourth-order valence-electron chi connectivity index (χ4n) is 6.18. The van der Waals surface area contributed by atoms with E-state index in [1.165, 1.54) is 29.4 Å². The molecule has 1 aliphatic rings. The van der Waals surface area contributed by atoms with Gasteiger partial charge in [-0.25, -0.2) is 4.79 Å². The van der Waals surface area contributed by atoms with Crippen LogP contribution in [0.4, 0.5) is 0 Å². The van der Waals surface area contributed by atoms with Crippen molar-refractivity contribution in [2.24, 2.45) is 0 Å². The molecule has 0 bridgehead atoms. The zero-order valence-electron chi connectivity index (χ0n) is 26.8. The smallest absolute Gasteiger partial charge is 0.333 e. The van der Waals surface area contributed by atoms with Gasteiger partial charge in [-0.1, -0.05) is 128 Å². The summed E-state index contributed by atoms with van der Waals surface area (Å²) in [5.41, 5.74) is 10.5. The van der Waals surface area contributed by atoms with Crippen molar-refractivity contribution in [1.82, 2.24) is 0 Å². The van der Waals surface area contributed by atoms with Crippen LogP contribution in [0.25, 0.3) is 12.2 Å². The molecule has 47 heavy (non-hydrogen) atoms. The van der Waals surface area contributed by atoms with Crippen molar-refractivity contribution in [3.05, 3.63) is 171 Å². The summed E-state index contributed by atoms with van der Waals surface area (Å²) < 4.78 is 17.8. The number of rotatable bonds is 13. The summed E-state index contributed by atoms with van der Waals surface area (Å²) in [6.45, 7) is 3.01. The number of carboxylic acid groups (broad SMARTS) is 1. The van der Waals surface area contributed by atoms with Gasteiger partial charge in [0.05, 0.1) is 6.61 Å². The van der Waals surface area contributed by atoms with Crippen molar-refractivity contribution in [2.45, 2.75) is 37.9 Å². The third kappa shape index (κ3) is 7.89. The van der Waals surface area contributed by atoms with Crippen LogP contribution in [0.1, 0.15) is 69.0 Å². The van der Waals surface area contributed by atoms with Gasteiger partial charge in [-0.2, -0.15) is 0 Å². The van der Waals surface area contributed by atoms with Crippen molar-refractivity contribution in [1.29, 1.82) is 0 Å². The van der Waals surface area contributed by atoms with Crippen molar-refractivity contribution < 1.29 is 24.1 Å². The lowest BCUT2D eigenvalue weighted by Gasteiger charge is -2.23. The van der Waals surface area contributed by atoms with Crippen molar-refractivity contribution in [3.63, 3.8) is 0 Å². The molecule has 0 radical (unpaired) electrons. The first-order valence-electron chi connectivity index (χ1n) is 16.1. The Bertz CT molecular complexity index is 1810. The van der Waals surface area contributed by atoms with E-state index in [1.807, 2.05) is 30.3 Å². The van der Waals surface area contributed by atoms with Crippen molar-refractivity contribution in [2.75, 3.05) is 20.3 Å². The Hall–Kier alpha value is -4.97. The molecule has 3 atom stereocenters.